The number of nitrogens with one attached hydrogen (secondary N) is 1. The number of rotatable bonds is 7. The summed E-state index contributed by atoms with van der Waals surface area (Å²) in [7, 11) is 3.45. The minimum absolute atomic E-state index is 0.0739. The predicted molar refractivity (Wildman–Crippen MR) is 85.6 cm³/mol. The number of halogens is 1. The Bertz CT molecular complexity index is 424. The van der Waals surface area contributed by atoms with Crippen LogP contribution >= 0.6 is 23.4 Å². The van der Waals surface area contributed by atoms with Crippen LogP contribution < -0.4 is 5.32 Å². The molecule has 0 atom stereocenters. The van der Waals surface area contributed by atoms with E-state index in [1.165, 1.54) is 4.90 Å². The van der Waals surface area contributed by atoms with E-state index in [-0.39, 0.29) is 5.91 Å². The van der Waals surface area contributed by atoms with Crippen molar-refractivity contribution >= 4 is 35.0 Å². The zero-order valence-corrected chi connectivity index (χ0v) is 13.3. The molecule has 19 heavy (non-hydrogen) atoms. The fourth-order valence-corrected chi connectivity index (χ4v) is 2.43. The van der Waals surface area contributed by atoms with Crippen LogP contribution in [0, 0.1) is 0 Å². The van der Waals surface area contributed by atoms with Crippen molar-refractivity contribution in [1.82, 2.24) is 4.90 Å². The molecule has 0 heterocycles. The minimum Gasteiger partial charge on any atom is -0.385 e. The number of hydrogen-bond acceptors (Lipinski definition) is 3. The van der Waals surface area contributed by atoms with Crippen LogP contribution in [0.3, 0.4) is 0 Å². The van der Waals surface area contributed by atoms with Crippen molar-refractivity contribution in [3.8, 4) is 0 Å². The van der Waals surface area contributed by atoms with Gasteiger partial charge in [-0.05, 0) is 36.1 Å². The maximum Gasteiger partial charge on any atom is 0.254 e. The quantitative estimate of drug-likeness (QED) is 0.781. The number of nitrogens with zero attached hydrogens (tertiary/aromatic N) is 1. The molecular weight excluding hydrogens is 280 g/mol. The van der Waals surface area contributed by atoms with Gasteiger partial charge in [0.2, 0.25) is 0 Å². The summed E-state index contributed by atoms with van der Waals surface area (Å²) in [5, 5.41) is 3.81. The van der Waals surface area contributed by atoms with Crippen LogP contribution in [0.25, 0.3) is 0 Å². The molecule has 0 saturated heterocycles. The Kier molecular flexibility index (Phi) is 7.10. The Morgan fingerprint density at radius 3 is 2.79 bits per heavy atom. The van der Waals surface area contributed by atoms with Crippen molar-refractivity contribution in [1.29, 1.82) is 0 Å². The molecule has 0 saturated carbocycles. The van der Waals surface area contributed by atoms with E-state index in [1.807, 2.05) is 23.9 Å². The standard InChI is InChI=1S/C14H21ClN2OS/c1-4-19-9-5-8-16-11-6-7-13(15)12(10-11)14(18)17(2)3/h6-7,10,16H,4-5,8-9H2,1-3H3. The second-order valence-electron chi connectivity index (χ2n) is 4.37. The summed E-state index contributed by atoms with van der Waals surface area (Å²) in [4.78, 5) is 13.5. The van der Waals surface area contributed by atoms with Crippen LogP contribution in [-0.2, 0) is 0 Å². The second kappa shape index (κ2) is 8.33. The van der Waals surface area contributed by atoms with Gasteiger partial charge in [0.05, 0.1) is 10.6 Å². The van der Waals surface area contributed by atoms with Gasteiger partial charge in [-0.3, -0.25) is 4.79 Å². The van der Waals surface area contributed by atoms with Gasteiger partial charge in [0.1, 0.15) is 0 Å². The molecule has 1 amide bonds. The van der Waals surface area contributed by atoms with Gasteiger partial charge in [-0.25, -0.2) is 0 Å². The third kappa shape index (κ3) is 5.33. The lowest BCUT2D eigenvalue weighted by atomic mass is 10.1. The number of amides is 1. The lowest BCUT2D eigenvalue weighted by Gasteiger charge is -2.13. The van der Waals surface area contributed by atoms with E-state index in [4.69, 9.17) is 11.6 Å². The Morgan fingerprint density at radius 2 is 2.16 bits per heavy atom. The van der Waals surface area contributed by atoms with Gasteiger partial charge < -0.3 is 10.2 Å². The van der Waals surface area contributed by atoms with Gasteiger partial charge in [-0.2, -0.15) is 11.8 Å². The largest absolute Gasteiger partial charge is 0.385 e. The monoisotopic (exact) mass is 300 g/mol. The molecule has 0 radical (unpaired) electrons. The zero-order chi connectivity index (χ0) is 14.3. The molecule has 0 bridgehead atoms. The number of anilines is 1. The lowest BCUT2D eigenvalue weighted by Crippen LogP contribution is -2.22. The summed E-state index contributed by atoms with van der Waals surface area (Å²) in [6.45, 7) is 3.07. The third-order valence-corrected chi connectivity index (χ3v) is 3.92. The second-order valence-corrected chi connectivity index (χ2v) is 6.17. The van der Waals surface area contributed by atoms with Gasteiger partial charge in [0, 0.05) is 26.3 Å². The molecule has 1 N–H and O–H groups in total. The van der Waals surface area contributed by atoms with Gasteiger partial charge in [-0.1, -0.05) is 18.5 Å². The summed E-state index contributed by atoms with van der Waals surface area (Å²) in [5.41, 5.74) is 1.48. The molecule has 3 nitrogen and oxygen atoms in total. The van der Waals surface area contributed by atoms with Crippen LogP contribution in [0.4, 0.5) is 5.69 Å². The molecule has 0 aromatic heterocycles. The summed E-state index contributed by atoms with van der Waals surface area (Å²) in [6, 6.07) is 5.49. The van der Waals surface area contributed by atoms with Crippen molar-refractivity contribution in [3.63, 3.8) is 0 Å². The molecule has 0 aliphatic heterocycles. The number of hydrogen-bond donors (Lipinski definition) is 1. The molecule has 0 fully saturated rings. The van der Waals surface area contributed by atoms with Crippen LogP contribution in [0.2, 0.25) is 5.02 Å². The number of thioether (sulfide) groups is 1. The maximum atomic E-state index is 11.9. The third-order valence-electron chi connectivity index (χ3n) is 2.60. The van der Waals surface area contributed by atoms with E-state index in [1.54, 1.807) is 20.2 Å². The SMILES string of the molecule is CCSCCCNc1ccc(Cl)c(C(=O)N(C)C)c1. The maximum absolute atomic E-state index is 11.9. The molecular formula is C14H21ClN2OS. The number of carbonyl (C=O) groups excluding carboxylic acids is 1. The van der Waals surface area contributed by atoms with Crippen LogP contribution in [-0.4, -0.2) is 43.0 Å². The highest BCUT2D eigenvalue weighted by atomic mass is 35.5. The molecule has 5 heteroatoms. The number of benzene rings is 1. The molecule has 1 aromatic rings. The molecule has 0 aliphatic rings. The summed E-state index contributed by atoms with van der Waals surface area (Å²) < 4.78 is 0. The molecule has 0 spiro atoms. The fourth-order valence-electron chi connectivity index (χ4n) is 1.59. The predicted octanol–water partition coefficient (Wildman–Crippen LogP) is 3.60. The Morgan fingerprint density at radius 1 is 1.42 bits per heavy atom. The van der Waals surface area contributed by atoms with Crippen LogP contribution in [0.5, 0.6) is 0 Å². The fraction of sp³-hybridized carbons (Fsp3) is 0.500. The van der Waals surface area contributed by atoms with Crippen molar-refractivity contribution in [2.75, 3.05) is 37.5 Å². The van der Waals surface area contributed by atoms with Crippen molar-refractivity contribution in [2.45, 2.75) is 13.3 Å². The molecule has 1 rings (SSSR count). The van der Waals surface area contributed by atoms with E-state index >= 15 is 0 Å². The molecule has 106 valence electrons. The Hall–Kier alpha value is -0.870. The van der Waals surface area contributed by atoms with E-state index in [2.05, 4.69) is 12.2 Å². The summed E-state index contributed by atoms with van der Waals surface area (Å²) in [6.07, 6.45) is 1.11. The van der Waals surface area contributed by atoms with E-state index in [0.717, 1.165) is 30.2 Å². The van der Waals surface area contributed by atoms with Gasteiger partial charge in [0.25, 0.3) is 5.91 Å². The van der Waals surface area contributed by atoms with Crippen LogP contribution in [0.15, 0.2) is 18.2 Å². The molecule has 0 aliphatic carbocycles. The van der Waals surface area contributed by atoms with Crippen molar-refractivity contribution in [2.24, 2.45) is 0 Å². The Balaban J connectivity index is 2.61. The van der Waals surface area contributed by atoms with Crippen molar-refractivity contribution in [3.05, 3.63) is 28.8 Å². The summed E-state index contributed by atoms with van der Waals surface area (Å²) in [5.74, 6) is 2.23. The summed E-state index contributed by atoms with van der Waals surface area (Å²) >= 11 is 7.99. The minimum atomic E-state index is -0.0739. The van der Waals surface area contributed by atoms with E-state index < -0.39 is 0 Å². The topological polar surface area (TPSA) is 32.3 Å². The molecule has 0 unspecified atom stereocenters. The average Bonchev–Trinajstić information content (AvgIpc) is 2.39. The highest BCUT2D eigenvalue weighted by molar-refractivity contribution is 7.99. The first-order chi connectivity index (χ1) is 9.06. The van der Waals surface area contributed by atoms with E-state index in [9.17, 15) is 4.79 Å². The first kappa shape index (κ1) is 16.2. The van der Waals surface area contributed by atoms with Crippen LogP contribution in [0.1, 0.15) is 23.7 Å². The van der Waals surface area contributed by atoms with E-state index in [0.29, 0.717) is 10.6 Å². The van der Waals surface area contributed by atoms with Gasteiger partial charge >= 0.3 is 0 Å². The smallest absolute Gasteiger partial charge is 0.254 e. The first-order valence-corrected chi connectivity index (χ1v) is 7.92. The first-order valence-electron chi connectivity index (χ1n) is 6.39. The lowest BCUT2D eigenvalue weighted by molar-refractivity contribution is 0.0828. The zero-order valence-electron chi connectivity index (χ0n) is 11.7. The molecule has 1 aromatic carbocycles. The van der Waals surface area contributed by atoms with Gasteiger partial charge in [-0.15, -0.1) is 0 Å². The Labute approximate surface area is 124 Å². The highest BCUT2D eigenvalue weighted by Gasteiger charge is 2.12. The van der Waals surface area contributed by atoms with Crippen molar-refractivity contribution < 1.29 is 4.79 Å². The highest BCUT2D eigenvalue weighted by Crippen LogP contribution is 2.21. The average molecular weight is 301 g/mol. The normalized spacial score (nSPS) is 10.3. The van der Waals surface area contributed by atoms with Gasteiger partial charge in [0.15, 0.2) is 0 Å². The number of carbonyl (C=O) groups is 1.